The van der Waals surface area contributed by atoms with Crippen molar-refractivity contribution in [3.63, 3.8) is 0 Å². The number of aryl methyl sites for hydroxylation is 2. The second-order valence-corrected chi connectivity index (χ2v) is 7.39. The minimum absolute atomic E-state index is 0.232. The molecule has 150 valence electrons. The molecule has 0 unspecified atom stereocenters. The van der Waals surface area contributed by atoms with Gasteiger partial charge in [0.25, 0.3) is 5.91 Å². The number of nitrogens with zero attached hydrogens (tertiary/aromatic N) is 1. The van der Waals surface area contributed by atoms with Gasteiger partial charge in [0.2, 0.25) is 5.89 Å². The maximum absolute atomic E-state index is 12.7. The van der Waals surface area contributed by atoms with Gasteiger partial charge in [0.1, 0.15) is 18.7 Å². The van der Waals surface area contributed by atoms with Gasteiger partial charge in [-0.2, -0.15) is 0 Å². The van der Waals surface area contributed by atoms with E-state index in [0.29, 0.717) is 53.0 Å². The summed E-state index contributed by atoms with van der Waals surface area (Å²) in [6.45, 7) is 5.08. The first-order chi connectivity index (χ1) is 14.5. The van der Waals surface area contributed by atoms with Crippen LogP contribution in [0.3, 0.4) is 0 Å². The van der Waals surface area contributed by atoms with E-state index < -0.39 is 0 Å². The van der Waals surface area contributed by atoms with Crippen LogP contribution < -0.4 is 14.8 Å². The fourth-order valence-electron chi connectivity index (χ4n) is 3.61. The first kappa shape index (κ1) is 18.2. The van der Waals surface area contributed by atoms with Crippen molar-refractivity contribution in [3.8, 4) is 23.0 Å². The Morgan fingerprint density at radius 1 is 0.900 bits per heavy atom. The molecule has 0 aliphatic carbocycles. The highest BCUT2D eigenvalue weighted by Crippen LogP contribution is 2.31. The topological polar surface area (TPSA) is 73.6 Å². The molecule has 0 spiro atoms. The minimum Gasteiger partial charge on any atom is -0.486 e. The molecule has 1 amide bonds. The lowest BCUT2D eigenvalue weighted by Crippen LogP contribution is -2.17. The van der Waals surface area contributed by atoms with Gasteiger partial charge in [-0.25, -0.2) is 4.98 Å². The molecular weight excluding hydrogens is 380 g/mol. The lowest BCUT2D eigenvalue weighted by molar-refractivity contribution is 0.102. The number of ether oxygens (including phenoxy) is 2. The Kier molecular flexibility index (Phi) is 4.39. The first-order valence-electron chi connectivity index (χ1n) is 9.75. The number of benzene rings is 3. The van der Waals surface area contributed by atoms with Gasteiger partial charge in [0, 0.05) is 16.8 Å². The van der Waals surface area contributed by atoms with Crippen molar-refractivity contribution in [3.05, 3.63) is 71.3 Å². The monoisotopic (exact) mass is 400 g/mol. The SMILES string of the molecule is Cc1cc(C)cc(-c2nc3cc(NC(=O)c4ccc5c(c4)OCCO5)ccc3o2)c1. The summed E-state index contributed by atoms with van der Waals surface area (Å²) in [5.41, 5.74) is 5.73. The van der Waals surface area contributed by atoms with Crippen molar-refractivity contribution in [2.75, 3.05) is 18.5 Å². The standard InChI is InChI=1S/C24H20N2O4/c1-14-9-15(2)11-17(10-14)24-26-19-13-18(4-6-20(19)30-24)25-23(27)16-3-5-21-22(12-16)29-8-7-28-21/h3-6,9-13H,7-8H2,1-2H3,(H,25,27). The van der Waals surface area contributed by atoms with Crippen LogP contribution in [0.4, 0.5) is 5.69 Å². The third kappa shape index (κ3) is 3.48. The van der Waals surface area contributed by atoms with E-state index in [2.05, 4.69) is 16.4 Å². The maximum Gasteiger partial charge on any atom is 0.255 e. The quantitative estimate of drug-likeness (QED) is 0.516. The maximum atomic E-state index is 12.7. The molecule has 0 fully saturated rings. The summed E-state index contributed by atoms with van der Waals surface area (Å²) in [4.78, 5) is 17.3. The molecule has 1 aromatic heterocycles. The number of oxazole rings is 1. The summed E-state index contributed by atoms with van der Waals surface area (Å²) in [6, 6.07) is 16.8. The van der Waals surface area contributed by atoms with Crippen LogP contribution in [0.1, 0.15) is 21.5 Å². The normalized spacial score (nSPS) is 12.7. The lowest BCUT2D eigenvalue weighted by Gasteiger charge is -2.18. The van der Waals surface area contributed by atoms with Gasteiger partial charge in [-0.1, -0.05) is 17.2 Å². The molecule has 0 atom stereocenters. The third-order valence-electron chi connectivity index (χ3n) is 4.92. The van der Waals surface area contributed by atoms with Crippen LogP contribution in [0.2, 0.25) is 0 Å². The summed E-state index contributed by atoms with van der Waals surface area (Å²) in [6.07, 6.45) is 0. The molecule has 30 heavy (non-hydrogen) atoms. The smallest absolute Gasteiger partial charge is 0.255 e. The summed E-state index contributed by atoms with van der Waals surface area (Å²) >= 11 is 0. The van der Waals surface area contributed by atoms with Crippen molar-refractivity contribution in [1.82, 2.24) is 4.98 Å². The lowest BCUT2D eigenvalue weighted by atomic mass is 10.1. The predicted octanol–water partition coefficient (Wildman–Crippen LogP) is 5.14. The summed E-state index contributed by atoms with van der Waals surface area (Å²) in [5.74, 6) is 1.57. The summed E-state index contributed by atoms with van der Waals surface area (Å²) in [7, 11) is 0. The van der Waals surface area contributed by atoms with Crippen molar-refractivity contribution < 1.29 is 18.7 Å². The van der Waals surface area contributed by atoms with Gasteiger partial charge >= 0.3 is 0 Å². The van der Waals surface area contributed by atoms with Crippen LogP contribution >= 0.6 is 0 Å². The Bertz CT molecular complexity index is 1260. The van der Waals surface area contributed by atoms with E-state index >= 15 is 0 Å². The Labute approximate surface area is 173 Å². The average molecular weight is 400 g/mol. The van der Waals surface area contributed by atoms with Crippen LogP contribution in [0.5, 0.6) is 11.5 Å². The molecule has 6 heteroatoms. The molecule has 4 aromatic rings. The number of carbonyl (C=O) groups is 1. The highest BCUT2D eigenvalue weighted by Gasteiger charge is 2.16. The molecule has 1 aliphatic rings. The minimum atomic E-state index is -0.232. The molecular formula is C24H20N2O4. The van der Waals surface area contributed by atoms with Crippen molar-refractivity contribution in [2.45, 2.75) is 13.8 Å². The van der Waals surface area contributed by atoms with E-state index in [4.69, 9.17) is 13.9 Å². The van der Waals surface area contributed by atoms with E-state index in [1.54, 1.807) is 30.3 Å². The number of nitrogens with one attached hydrogen (secondary N) is 1. The van der Waals surface area contributed by atoms with Crippen molar-refractivity contribution >= 4 is 22.7 Å². The van der Waals surface area contributed by atoms with Gasteiger partial charge in [-0.15, -0.1) is 0 Å². The summed E-state index contributed by atoms with van der Waals surface area (Å²) < 4.78 is 17.0. The van der Waals surface area contributed by atoms with Crippen molar-refractivity contribution in [1.29, 1.82) is 0 Å². The fourth-order valence-corrected chi connectivity index (χ4v) is 3.61. The molecule has 0 bridgehead atoms. The molecule has 1 aliphatic heterocycles. The highest BCUT2D eigenvalue weighted by atomic mass is 16.6. The summed E-state index contributed by atoms with van der Waals surface area (Å²) in [5, 5.41) is 2.91. The van der Waals surface area contributed by atoms with E-state index in [1.165, 1.54) is 0 Å². The van der Waals surface area contributed by atoms with Crippen LogP contribution in [0.25, 0.3) is 22.6 Å². The van der Waals surface area contributed by atoms with E-state index in [9.17, 15) is 4.79 Å². The molecule has 0 radical (unpaired) electrons. The molecule has 3 aromatic carbocycles. The van der Waals surface area contributed by atoms with E-state index in [-0.39, 0.29) is 5.91 Å². The Hall–Kier alpha value is -3.80. The second-order valence-electron chi connectivity index (χ2n) is 7.39. The number of rotatable bonds is 3. The van der Waals surface area contributed by atoms with Gasteiger partial charge < -0.3 is 19.2 Å². The van der Waals surface area contributed by atoms with Gasteiger partial charge in [0.05, 0.1) is 0 Å². The van der Waals surface area contributed by atoms with Crippen molar-refractivity contribution in [2.24, 2.45) is 0 Å². The molecule has 2 heterocycles. The Balaban J connectivity index is 1.40. The number of hydrogen-bond donors (Lipinski definition) is 1. The number of amides is 1. The van der Waals surface area contributed by atoms with Crippen LogP contribution in [-0.2, 0) is 0 Å². The zero-order chi connectivity index (χ0) is 20.7. The second kappa shape index (κ2) is 7.22. The van der Waals surface area contributed by atoms with Gasteiger partial charge in [-0.05, 0) is 62.4 Å². The Morgan fingerprint density at radius 3 is 2.47 bits per heavy atom. The zero-order valence-electron chi connectivity index (χ0n) is 16.7. The van der Waals surface area contributed by atoms with Gasteiger partial charge in [0.15, 0.2) is 17.1 Å². The molecule has 0 saturated heterocycles. The number of anilines is 1. The molecule has 1 N–H and O–H groups in total. The Morgan fingerprint density at radius 2 is 1.67 bits per heavy atom. The van der Waals surface area contributed by atoms with E-state index in [0.717, 1.165) is 16.7 Å². The van der Waals surface area contributed by atoms with Gasteiger partial charge in [-0.3, -0.25) is 4.79 Å². The van der Waals surface area contributed by atoms with E-state index in [1.807, 2.05) is 32.0 Å². The highest BCUT2D eigenvalue weighted by molar-refractivity contribution is 6.05. The number of fused-ring (bicyclic) bond motifs is 2. The van der Waals surface area contributed by atoms with Crippen LogP contribution in [0.15, 0.2) is 59.0 Å². The molecule has 6 nitrogen and oxygen atoms in total. The largest absolute Gasteiger partial charge is 0.486 e. The molecule has 5 rings (SSSR count). The predicted molar refractivity (Wildman–Crippen MR) is 114 cm³/mol. The molecule has 0 saturated carbocycles. The fraction of sp³-hybridized carbons (Fsp3) is 0.167. The van der Waals surface area contributed by atoms with Crippen LogP contribution in [-0.4, -0.2) is 24.1 Å². The number of hydrogen-bond acceptors (Lipinski definition) is 5. The number of carbonyl (C=O) groups excluding carboxylic acids is 1. The first-order valence-corrected chi connectivity index (χ1v) is 9.75. The zero-order valence-corrected chi connectivity index (χ0v) is 16.7. The average Bonchev–Trinajstić information content (AvgIpc) is 3.16. The van der Waals surface area contributed by atoms with Crippen LogP contribution in [0, 0.1) is 13.8 Å². The third-order valence-corrected chi connectivity index (χ3v) is 4.92. The number of aromatic nitrogens is 1.